The first-order valence-electron chi connectivity index (χ1n) is 10.5. The van der Waals surface area contributed by atoms with Gasteiger partial charge in [0.25, 0.3) is 0 Å². The molecule has 3 aromatic rings. The number of alkyl halides is 3. The van der Waals surface area contributed by atoms with E-state index in [4.69, 9.17) is 0 Å². The van der Waals surface area contributed by atoms with E-state index in [0.717, 1.165) is 35.5 Å². The number of halogens is 3. The molecule has 1 fully saturated rings. The molecule has 32 heavy (non-hydrogen) atoms. The number of carbonyl (C=O) groups excluding carboxylic acids is 1. The summed E-state index contributed by atoms with van der Waals surface area (Å²) >= 11 is 0. The Morgan fingerprint density at radius 2 is 1.84 bits per heavy atom. The van der Waals surface area contributed by atoms with Crippen LogP contribution in [0.5, 0.6) is 0 Å². The van der Waals surface area contributed by atoms with Gasteiger partial charge in [-0.3, -0.25) is 14.7 Å². The Morgan fingerprint density at radius 1 is 1.06 bits per heavy atom. The molecule has 1 atom stereocenters. The molecule has 0 spiro atoms. The van der Waals surface area contributed by atoms with Crippen LogP contribution in [-0.2, 0) is 24.1 Å². The molecular formula is C25H24F3N3O. The van der Waals surface area contributed by atoms with Crippen LogP contribution < -0.4 is 5.32 Å². The molecule has 4 nitrogen and oxygen atoms in total. The Labute approximate surface area is 185 Å². The van der Waals surface area contributed by atoms with Gasteiger partial charge in [0.15, 0.2) is 0 Å². The summed E-state index contributed by atoms with van der Waals surface area (Å²) < 4.78 is 38.7. The number of hydrogen-bond acceptors (Lipinski definition) is 3. The quantitative estimate of drug-likeness (QED) is 0.585. The van der Waals surface area contributed by atoms with Gasteiger partial charge in [0.2, 0.25) is 5.91 Å². The number of aromatic nitrogens is 1. The maximum Gasteiger partial charge on any atom is 0.416 e. The third kappa shape index (κ3) is 4.67. The van der Waals surface area contributed by atoms with Gasteiger partial charge in [-0.05, 0) is 48.7 Å². The van der Waals surface area contributed by atoms with E-state index in [0.29, 0.717) is 18.5 Å². The molecule has 0 aliphatic carbocycles. The standard InChI is InChI=1S/C25H24F3N3O/c1-24(23(32)30-16-19-5-4-6-21(15-19)25(26,27)28)12-14-31(24)17-18-8-10-20(11-9-18)22-7-2-3-13-29-22/h2-11,13,15H,12,14,16-17H2,1H3,(H,30,32). The van der Waals surface area contributed by atoms with E-state index < -0.39 is 17.3 Å². The first kappa shape index (κ1) is 22.0. The number of benzene rings is 2. The van der Waals surface area contributed by atoms with Gasteiger partial charge in [-0.15, -0.1) is 0 Å². The molecule has 2 heterocycles. The van der Waals surface area contributed by atoms with Gasteiger partial charge >= 0.3 is 6.18 Å². The van der Waals surface area contributed by atoms with Crippen molar-refractivity contribution in [1.29, 1.82) is 0 Å². The summed E-state index contributed by atoms with van der Waals surface area (Å²) in [6.45, 7) is 3.34. The second kappa shape index (κ2) is 8.74. The number of carbonyl (C=O) groups is 1. The molecular weight excluding hydrogens is 415 g/mol. The van der Waals surface area contributed by atoms with Crippen LogP contribution >= 0.6 is 0 Å². The van der Waals surface area contributed by atoms with Crippen molar-refractivity contribution in [2.75, 3.05) is 6.54 Å². The lowest BCUT2D eigenvalue weighted by molar-refractivity contribution is -0.142. The summed E-state index contributed by atoms with van der Waals surface area (Å²) in [5.74, 6) is -0.175. The molecule has 1 aliphatic heterocycles. The Morgan fingerprint density at radius 3 is 2.47 bits per heavy atom. The monoisotopic (exact) mass is 439 g/mol. The molecule has 1 aliphatic rings. The highest BCUT2D eigenvalue weighted by Gasteiger charge is 2.46. The average Bonchev–Trinajstić information content (AvgIpc) is 2.80. The van der Waals surface area contributed by atoms with Crippen LogP contribution in [0.2, 0.25) is 0 Å². The SMILES string of the molecule is CC1(C(=O)NCc2cccc(C(F)(F)F)c2)CCN1Cc1ccc(-c2ccccn2)cc1. The molecule has 0 saturated carbocycles. The lowest BCUT2D eigenvalue weighted by Crippen LogP contribution is -2.65. The maximum absolute atomic E-state index is 12.9. The van der Waals surface area contributed by atoms with Crippen LogP contribution in [0, 0.1) is 0 Å². The average molecular weight is 439 g/mol. The number of hydrogen-bond donors (Lipinski definition) is 1. The van der Waals surface area contributed by atoms with E-state index in [9.17, 15) is 18.0 Å². The molecule has 1 N–H and O–H groups in total. The van der Waals surface area contributed by atoms with E-state index in [-0.39, 0.29) is 12.5 Å². The number of rotatable bonds is 6. The molecule has 4 rings (SSSR count). The van der Waals surface area contributed by atoms with Crippen LogP contribution in [0.3, 0.4) is 0 Å². The number of amides is 1. The minimum Gasteiger partial charge on any atom is -0.350 e. The fraction of sp³-hybridized carbons (Fsp3) is 0.280. The molecule has 0 radical (unpaired) electrons. The zero-order chi connectivity index (χ0) is 22.8. The van der Waals surface area contributed by atoms with Crippen molar-refractivity contribution in [1.82, 2.24) is 15.2 Å². The normalized spacial score (nSPS) is 18.8. The fourth-order valence-corrected chi connectivity index (χ4v) is 3.88. The Bertz CT molecular complexity index is 1080. The van der Waals surface area contributed by atoms with Crippen molar-refractivity contribution in [3.63, 3.8) is 0 Å². The number of pyridine rings is 1. The Kier molecular flexibility index (Phi) is 6.02. The summed E-state index contributed by atoms with van der Waals surface area (Å²) in [5, 5.41) is 2.81. The molecule has 2 aromatic carbocycles. The topological polar surface area (TPSA) is 45.2 Å². The third-order valence-corrected chi connectivity index (χ3v) is 6.05. The lowest BCUT2D eigenvalue weighted by atomic mass is 9.85. The molecule has 1 saturated heterocycles. The van der Waals surface area contributed by atoms with Gasteiger partial charge in [-0.25, -0.2) is 0 Å². The van der Waals surface area contributed by atoms with E-state index >= 15 is 0 Å². The van der Waals surface area contributed by atoms with E-state index in [1.54, 1.807) is 12.3 Å². The van der Waals surface area contributed by atoms with E-state index in [2.05, 4.69) is 15.2 Å². The van der Waals surface area contributed by atoms with Crippen molar-refractivity contribution in [3.05, 3.63) is 89.6 Å². The number of nitrogens with zero attached hydrogens (tertiary/aromatic N) is 2. The molecule has 166 valence electrons. The summed E-state index contributed by atoms with van der Waals surface area (Å²) in [6.07, 6.45) is -1.94. The van der Waals surface area contributed by atoms with Gasteiger partial charge in [0.05, 0.1) is 16.8 Å². The zero-order valence-corrected chi connectivity index (χ0v) is 17.7. The third-order valence-electron chi connectivity index (χ3n) is 6.05. The van der Waals surface area contributed by atoms with Gasteiger partial charge in [-0.1, -0.05) is 42.5 Å². The van der Waals surface area contributed by atoms with Gasteiger partial charge in [-0.2, -0.15) is 13.2 Å². The van der Waals surface area contributed by atoms with Gasteiger partial charge in [0.1, 0.15) is 0 Å². The number of likely N-dealkylation sites (tertiary alicyclic amines) is 1. The van der Waals surface area contributed by atoms with Gasteiger partial charge < -0.3 is 5.32 Å². The fourth-order valence-electron chi connectivity index (χ4n) is 3.88. The minimum atomic E-state index is -4.40. The molecule has 0 bridgehead atoms. The van der Waals surface area contributed by atoms with Crippen LogP contribution in [0.1, 0.15) is 30.0 Å². The first-order chi connectivity index (χ1) is 15.3. The van der Waals surface area contributed by atoms with Gasteiger partial charge in [0, 0.05) is 31.4 Å². The van der Waals surface area contributed by atoms with Crippen molar-refractivity contribution < 1.29 is 18.0 Å². The molecule has 1 amide bonds. The highest BCUT2D eigenvalue weighted by Crippen LogP contribution is 2.33. The lowest BCUT2D eigenvalue weighted by Gasteiger charge is -2.49. The van der Waals surface area contributed by atoms with Crippen molar-refractivity contribution >= 4 is 5.91 Å². The Hall–Kier alpha value is -3.19. The number of nitrogens with one attached hydrogen (secondary N) is 1. The second-order valence-electron chi connectivity index (χ2n) is 8.24. The smallest absolute Gasteiger partial charge is 0.350 e. The van der Waals surface area contributed by atoms with Crippen LogP contribution in [0.4, 0.5) is 13.2 Å². The summed E-state index contributed by atoms with van der Waals surface area (Å²) in [4.78, 5) is 19.3. The van der Waals surface area contributed by atoms with E-state index in [1.807, 2.05) is 49.4 Å². The van der Waals surface area contributed by atoms with Crippen molar-refractivity contribution in [2.24, 2.45) is 0 Å². The summed E-state index contributed by atoms with van der Waals surface area (Å²) in [7, 11) is 0. The first-order valence-corrected chi connectivity index (χ1v) is 10.5. The predicted octanol–water partition coefficient (Wildman–Crippen LogP) is 5.05. The molecule has 1 aromatic heterocycles. The van der Waals surface area contributed by atoms with Crippen molar-refractivity contribution in [2.45, 2.75) is 38.1 Å². The van der Waals surface area contributed by atoms with Crippen LogP contribution in [0.15, 0.2) is 72.9 Å². The highest BCUT2D eigenvalue weighted by atomic mass is 19.4. The van der Waals surface area contributed by atoms with Crippen molar-refractivity contribution in [3.8, 4) is 11.3 Å². The zero-order valence-electron chi connectivity index (χ0n) is 17.7. The maximum atomic E-state index is 12.9. The summed E-state index contributed by atoms with van der Waals surface area (Å²) in [6, 6.07) is 18.9. The Balaban J connectivity index is 1.37. The van der Waals surface area contributed by atoms with E-state index in [1.165, 1.54) is 6.07 Å². The van der Waals surface area contributed by atoms with Crippen LogP contribution in [0.25, 0.3) is 11.3 Å². The minimum absolute atomic E-state index is 0.0605. The predicted molar refractivity (Wildman–Crippen MR) is 116 cm³/mol. The second-order valence-corrected chi connectivity index (χ2v) is 8.24. The largest absolute Gasteiger partial charge is 0.416 e. The highest BCUT2D eigenvalue weighted by molar-refractivity contribution is 5.86. The molecule has 1 unspecified atom stereocenters. The summed E-state index contributed by atoms with van der Waals surface area (Å²) in [5.41, 5.74) is 2.05. The molecule has 7 heteroatoms. The van der Waals surface area contributed by atoms with Crippen LogP contribution in [-0.4, -0.2) is 27.9 Å².